The highest BCUT2D eigenvalue weighted by atomic mass is 16.7. The molecule has 2 aliphatic heterocycles. The number of nitrogens with one attached hydrogen (secondary N) is 1. The Morgan fingerprint density at radius 3 is 2.91 bits per heavy atom. The Bertz CT molecular complexity index is 522. The molecular weight excluding hydrogens is 280 g/mol. The number of ether oxygens (including phenoxy) is 2. The Hall–Kier alpha value is -1.27. The molecule has 0 amide bonds. The van der Waals surface area contributed by atoms with E-state index in [1.54, 1.807) is 0 Å². The molecule has 5 nitrogen and oxygen atoms in total. The van der Waals surface area contributed by atoms with Gasteiger partial charge in [-0.25, -0.2) is 0 Å². The van der Waals surface area contributed by atoms with Gasteiger partial charge in [-0.2, -0.15) is 0 Å². The van der Waals surface area contributed by atoms with E-state index >= 15 is 0 Å². The van der Waals surface area contributed by atoms with Crippen molar-refractivity contribution < 1.29 is 14.3 Å². The summed E-state index contributed by atoms with van der Waals surface area (Å²) in [6.45, 7) is 3.24. The fraction of sp³-hybridized carbons (Fsp3) is 0.588. The summed E-state index contributed by atoms with van der Waals surface area (Å²) in [6, 6.07) is 9.07. The summed E-state index contributed by atoms with van der Waals surface area (Å²) in [5.41, 5.74) is 7.18. The Morgan fingerprint density at radius 2 is 2.23 bits per heavy atom. The highest BCUT2D eigenvalue weighted by Crippen LogP contribution is 2.33. The smallest absolute Gasteiger partial charge is 0.183 e. The quantitative estimate of drug-likeness (QED) is 0.849. The number of nitrogens with two attached hydrogens (primary N) is 1. The fourth-order valence-corrected chi connectivity index (χ4v) is 3.18. The highest BCUT2D eigenvalue weighted by molar-refractivity contribution is 5.89. The average molecular weight is 304 g/mol. The van der Waals surface area contributed by atoms with Gasteiger partial charge in [0, 0.05) is 6.42 Å². The third-order valence-electron chi connectivity index (χ3n) is 4.51. The van der Waals surface area contributed by atoms with Crippen molar-refractivity contribution in [3.63, 3.8) is 0 Å². The number of carbonyl (C=O) groups is 1. The lowest BCUT2D eigenvalue weighted by molar-refractivity contribution is -0.154. The fourth-order valence-electron chi connectivity index (χ4n) is 3.18. The van der Waals surface area contributed by atoms with Crippen molar-refractivity contribution in [2.75, 3.05) is 13.2 Å². The number of rotatable bonds is 5. The van der Waals surface area contributed by atoms with Crippen molar-refractivity contribution >= 4 is 5.78 Å². The van der Waals surface area contributed by atoms with Crippen molar-refractivity contribution in [2.24, 2.45) is 5.73 Å². The van der Waals surface area contributed by atoms with Crippen LogP contribution in [0.1, 0.15) is 25.3 Å². The first kappa shape index (κ1) is 15.6. The summed E-state index contributed by atoms with van der Waals surface area (Å²) < 4.78 is 11.8. The third kappa shape index (κ3) is 3.22. The van der Waals surface area contributed by atoms with E-state index in [2.05, 4.69) is 12.2 Å². The van der Waals surface area contributed by atoms with Crippen LogP contribution in [0.25, 0.3) is 0 Å². The second-order valence-electron chi connectivity index (χ2n) is 6.21. The molecule has 2 aliphatic rings. The molecule has 0 aliphatic carbocycles. The van der Waals surface area contributed by atoms with E-state index in [1.165, 1.54) is 0 Å². The van der Waals surface area contributed by atoms with E-state index in [1.807, 2.05) is 30.3 Å². The maximum atomic E-state index is 12.5. The summed E-state index contributed by atoms with van der Waals surface area (Å²) >= 11 is 0. The molecule has 1 spiro atoms. The predicted molar refractivity (Wildman–Crippen MR) is 83.4 cm³/mol. The summed E-state index contributed by atoms with van der Waals surface area (Å²) in [5, 5.41) is 3.22. The summed E-state index contributed by atoms with van der Waals surface area (Å²) in [5.74, 6) is -0.596. The first-order valence-corrected chi connectivity index (χ1v) is 8.00. The zero-order valence-corrected chi connectivity index (χ0v) is 13.0. The van der Waals surface area contributed by atoms with Crippen LogP contribution in [0.3, 0.4) is 0 Å². The van der Waals surface area contributed by atoms with Crippen LogP contribution in [0.4, 0.5) is 0 Å². The highest BCUT2D eigenvalue weighted by Gasteiger charge is 2.49. The normalized spacial score (nSPS) is 32.5. The average Bonchev–Trinajstić information content (AvgIpc) is 3.15. The van der Waals surface area contributed by atoms with E-state index in [4.69, 9.17) is 15.2 Å². The van der Waals surface area contributed by atoms with Crippen LogP contribution in [0.5, 0.6) is 0 Å². The van der Waals surface area contributed by atoms with E-state index in [0.717, 1.165) is 12.0 Å². The molecule has 3 unspecified atom stereocenters. The molecule has 120 valence electrons. The monoisotopic (exact) mass is 304 g/mol. The van der Waals surface area contributed by atoms with E-state index in [0.29, 0.717) is 26.0 Å². The van der Waals surface area contributed by atoms with Gasteiger partial charge in [-0.15, -0.1) is 0 Å². The standard InChI is InChI=1S/C17H24N2O3/c1-2-13-10-21-17(22-13)9-15(19-11-17)16(20)14(18)8-12-6-4-3-5-7-12/h3-7,13-15,19H,2,8-11,18H2,1H3/t13?,14-,15?,17?/m0/s1. The molecule has 1 aromatic rings. The van der Waals surface area contributed by atoms with Gasteiger partial charge >= 0.3 is 0 Å². The zero-order valence-electron chi connectivity index (χ0n) is 13.0. The van der Waals surface area contributed by atoms with Gasteiger partial charge in [0.2, 0.25) is 0 Å². The van der Waals surface area contributed by atoms with Crippen LogP contribution in [0.15, 0.2) is 30.3 Å². The molecule has 0 saturated carbocycles. The minimum Gasteiger partial charge on any atom is -0.346 e. The van der Waals surface area contributed by atoms with Crippen LogP contribution in [-0.2, 0) is 20.7 Å². The van der Waals surface area contributed by atoms with Gasteiger partial charge < -0.3 is 20.5 Å². The van der Waals surface area contributed by atoms with Gasteiger partial charge in [0.15, 0.2) is 11.6 Å². The largest absolute Gasteiger partial charge is 0.346 e. The number of carbonyl (C=O) groups excluding carboxylic acids is 1. The van der Waals surface area contributed by atoms with E-state index in [-0.39, 0.29) is 17.9 Å². The van der Waals surface area contributed by atoms with Crippen molar-refractivity contribution in [3.05, 3.63) is 35.9 Å². The summed E-state index contributed by atoms with van der Waals surface area (Å²) in [7, 11) is 0. The van der Waals surface area contributed by atoms with Crippen LogP contribution in [-0.4, -0.2) is 42.9 Å². The molecule has 1 aromatic carbocycles. The second-order valence-corrected chi connectivity index (χ2v) is 6.21. The Balaban J connectivity index is 1.57. The molecule has 22 heavy (non-hydrogen) atoms. The Labute approximate surface area is 131 Å². The molecule has 2 saturated heterocycles. The molecule has 0 radical (unpaired) electrons. The molecule has 3 rings (SSSR count). The van der Waals surface area contributed by atoms with Crippen molar-refractivity contribution in [1.82, 2.24) is 5.32 Å². The molecule has 5 heteroatoms. The first-order chi connectivity index (χ1) is 10.6. The Morgan fingerprint density at radius 1 is 1.45 bits per heavy atom. The maximum Gasteiger partial charge on any atom is 0.183 e. The van der Waals surface area contributed by atoms with Crippen LogP contribution >= 0.6 is 0 Å². The minimum atomic E-state index is -0.631. The van der Waals surface area contributed by atoms with Crippen molar-refractivity contribution in [2.45, 2.75) is 50.2 Å². The van der Waals surface area contributed by atoms with Gasteiger partial charge in [0.05, 0.1) is 31.3 Å². The topological polar surface area (TPSA) is 73.6 Å². The Kier molecular flexibility index (Phi) is 4.59. The molecule has 0 bridgehead atoms. The summed E-state index contributed by atoms with van der Waals surface area (Å²) in [4.78, 5) is 12.5. The number of benzene rings is 1. The SMILES string of the molecule is CCC1COC2(CNC(C(=O)[C@@H](N)Cc3ccccc3)C2)O1. The first-order valence-electron chi connectivity index (χ1n) is 8.00. The van der Waals surface area contributed by atoms with Crippen molar-refractivity contribution in [1.29, 1.82) is 0 Å². The van der Waals surface area contributed by atoms with Gasteiger partial charge in [0.1, 0.15) is 0 Å². The number of hydrogen-bond donors (Lipinski definition) is 2. The summed E-state index contributed by atoms with van der Waals surface area (Å²) in [6.07, 6.45) is 2.16. The van der Waals surface area contributed by atoms with Gasteiger partial charge in [-0.1, -0.05) is 37.3 Å². The van der Waals surface area contributed by atoms with E-state index < -0.39 is 11.8 Å². The third-order valence-corrected chi connectivity index (χ3v) is 4.51. The second kappa shape index (κ2) is 6.46. The maximum absolute atomic E-state index is 12.5. The predicted octanol–water partition coefficient (Wildman–Crippen LogP) is 1.01. The minimum absolute atomic E-state index is 0.0351. The van der Waals surface area contributed by atoms with Crippen LogP contribution in [0, 0.1) is 0 Å². The van der Waals surface area contributed by atoms with Gasteiger partial charge in [-0.05, 0) is 18.4 Å². The molecule has 0 aromatic heterocycles. The lowest BCUT2D eigenvalue weighted by Gasteiger charge is -2.22. The molecular formula is C17H24N2O3. The molecule has 3 N–H and O–H groups in total. The van der Waals surface area contributed by atoms with Gasteiger partial charge in [-0.3, -0.25) is 4.79 Å². The number of hydrogen-bond acceptors (Lipinski definition) is 5. The van der Waals surface area contributed by atoms with Crippen LogP contribution in [0.2, 0.25) is 0 Å². The van der Waals surface area contributed by atoms with Crippen molar-refractivity contribution in [3.8, 4) is 0 Å². The molecule has 2 fully saturated rings. The lowest BCUT2D eigenvalue weighted by Crippen LogP contribution is -2.44. The van der Waals surface area contributed by atoms with Crippen LogP contribution < -0.4 is 11.1 Å². The lowest BCUT2D eigenvalue weighted by atomic mass is 9.97. The molecule has 4 atom stereocenters. The van der Waals surface area contributed by atoms with E-state index in [9.17, 15) is 4.79 Å². The number of Topliss-reactive ketones (excluding diaryl/α,β-unsaturated/α-hetero) is 1. The van der Waals surface area contributed by atoms with Gasteiger partial charge in [0.25, 0.3) is 0 Å². The number of ketones is 1. The molecule has 2 heterocycles. The zero-order chi connectivity index (χ0) is 15.6.